The quantitative estimate of drug-likeness (QED) is 0.943. The van der Waals surface area contributed by atoms with Crippen LogP contribution in [0.3, 0.4) is 0 Å². The fourth-order valence-electron chi connectivity index (χ4n) is 2.27. The van der Waals surface area contributed by atoms with Gasteiger partial charge in [-0.2, -0.15) is 0 Å². The van der Waals surface area contributed by atoms with Crippen molar-refractivity contribution in [3.05, 3.63) is 35.4 Å². The Morgan fingerprint density at radius 3 is 2.80 bits per heavy atom. The number of aromatic nitrogens is 1. The molecule has 1 aromatic carbocycles. The molecule has 2 heterocycles. The third kappa shape index (κ3) is 2.42. The second-order valence-corrected chi connectivity index (χ2v) is 5.25. The molecular formula is C14H13ClN2O3. The minimum absolute atomic E-state index is 0.000415. The summed E-state index contributed by atoms with van der Waals surface area (Å²) in [5, 5.41) is 13.7. The summed E-state index contributed by atoms with van der Waals surface area (Å²) in [7, 11) is 0. The van der Waals surface area contributed by atoms with Crippen LogP contribution in [0, 0.1) is 5.92 Å². The molecule has 0 saturated carbocycles. The molecule has 6 heteroatoms. The second-order valence-electron chi connectivity index (χ2n) is 4.81. The summed E-state index contributed by atoms with van der Waals surface area (Å²) >= 11 is 5.84. The Hall–Kier alpha value is -1.85. The van der Waals surface area contributed by atoms with Gasteiger partial charge in [0.2, 0.25) is 11.8 Å². The zero-order valence-corrected chi connectivity index (χ0v) is 11.4. The first-order valence-corrected chi connectivity index (χ1v) is 6.69. The van der Waals surface area contributed by atoms with Gasteiger partial charge in [-0.15, -0.1) is 0 Å². The first kappa shape index (κ1) is 13.1. The van der Waals surface area contributed by atoms with Crippen LogP contribution < -0.4 is 4.90 Å². The third-order valence-corrected chi connectivity index (χ3v) is 3.62. The molecule has 0 spiro atoms. The number of carbonyl (C=O) groups excluding carboxylic acids is 1. The van der Waals surface area contributed by atoms with Crippen molar-refractivity contribution < 1.29 is 14.4 Å². The first-order chi connectivity index (χ1) is 9.67. The number of amides is 1. The summed E-state index contributed by atoms with van der Waals surface area (Å²) in [4.78, 5) is 13.4. The van der Waals surface area contributed by atoms with Crippen LogP contribution in [0.4, 0.5) is 5.88 Å². The third-order valence-electron chi connectivity index (χ3n) is 3.37. The molecule has 3 rings (SSSR count). The van der Waals surface area contributed by atoms with E-state index in [1.807, 2.05) is 12.1 Å². The molecule has 2 aromatic rings. The smallest absolute Gasteiger partial charge is 0.234 e. The first-order valence-electron chi connectivity index (χ1n) is 6.31. The Labute approximate surface area is 120 Å². The number of hydrogen-bond acceptors (Lipinski definition) is 4. The van der Waals surface area contributed by atoms with Crippen molar-refractivity contribution in [3.63, 3.8) is 0 Å². The van der Waals surface area contributed by atoms with E-state index in [4.69, 9.17) is 21.2 Å². The lowest BCUT2D eigenvalue weighted by molar-refractivity contribution is -0.117. The second kappa shape index (κ2) is 5.26. The Balaban J connectivity index is 1.83. The van der Waals surface area contributed by atoms with Gasteiger partial charge >= 0.3 is 0 Å². The zero-order valence-electron chi connectivity index (χ0n) is 10.6. The summed E-state index contributed by atoms with van der Waals surface area (Å²) in [6.45, 7) is 0.463. The maximum Gasteiger partial charge on any atom is 0.234 e. The van der Waals surface area contributed by atoms with Crippen molar-refractivity contribution in [2.75, 3.05) is 18.1 Å². The molecule has 1 aliphatic heterocycles. The van der Waals surface area contributed by atoms with Gasteiger partial charge in [0.25, 0.3) is 0 Å². The van der Waals surface area contributed by atoms with Crippen LogP contribution in [0.5, 0.6) is 0 Å². The van der Waals surface area contributed by atoms with Crippen LogP contribution >= 0.6 is 11.6 Å². The molecular weight excluding hydrogens is 280 g/mol. The van der Waals surface area contributed by atoms with E-state index in [0.29, 0.717) is 29.6 Å². The van der Waals surface area contributed by atoms with Crippen molar-refractivity contribution in [3.8, 4) is 11.3 Å². The molecule has 104 valence electrons. The van der Waals surface area contributed by atoms with Crippen molar-refractivity contribution in [2.45, 2.75) is 6.42 Å². The standard InChI is InChI=1S/C14H13ClN2O3/c15-11-3-1-10(2-4-11)12-6-14(20-16-12)17-7-9(8-18)5-13(17)19/h1-4,6,9,18H,5,7-8H2. The minimum Gasteiger partial charge on any atom is -0.396 e. The highest BCUT2D eigenvalue weighted by atomic mass is 35.5. The summed E-state index contributed by atoms with van der Waals surface area (Å²) in [5.74, 6) is 0.324. The topological polar surface area (TPSA) is 66.6 Å². The van der Waals surface area contributed by atoms with E-state index in [0.717, 1.165) is 5.56 Å². The molecule has 1 saturated heterocycles. The number of carbonyl (C=O) groups is 1. The van der Waals surface area contributed by atoms with Crippen molar-refractivity contribution >= 4 is 23.4 Å². The molecule has 1 fully saturated rings. The largest absolute Gasteiger partial charge is 0.396 e. The van der Waals surface area contributed by atoms with Gasteiger partial charge in [0.05, 0.1) is 0 Å². The maximum atomic E-state index is 11.8. The molecule has 1 aliphatic rings. The molecule has 1 aromatic heterocycles. The number of halogens is 1. The number of rotatable bonds is 3. The predicted molar refractivity (Wildman–Crippen MR) is 74.5 cm³/mol. The van der Waals surface area contributed by atoms with E-state index in [9.17, 15) is 4.79 Å². The minimum atomic E-state index is -0.0529. The van der Waals surface area contributed by atoms with Gasteiger partial charge < -0.3 is 9.63 Å². The van der Waals surface area contributed by atoms with Crippen LogP contribution in [-0.2, 0) is 4.79 Å². The van der Waals surface area contributed by atoms with E-state index in [2.05, 4.69) is 5.16 Å². The Kier molecular flexibility index (Phi) is 3.46. The molecule has 5 nitrogen and oxygen atoms in total. The van der Waals surface area contributed by atoms with Crippen LogP contribution in [0.15, 0.2) is 34.9 Å². The number of nitrogens with zero attached hydrogens (tertiary/aromatic N) is 2. The maximum absolute atomic E-state index is 11.8. The summed E-state index contributed by atoms with van der Waals surface area (Å²) < 4.78 is 5.24. The summed E-state index contributed by atoms with van der Waals surface area (Å²) in [6.07, 6.45) is 0.341. The van der Waals surface area contributed by atoms with Gasteiger partial charge in [-0.05, 0) is 12.1 Å². The Morgan fingerprint density at radius 1 is 1.40 bits per heavy atom. The average Bonchev–Trinajstić information content (AvgIpc) is 3.06. The summed E-state index contributed by atoms with van der Waals surface area (Å²) in [6, 6.07) is 8.95. The highest BCUT2D eigenvalue weighted by Gasteiger charge is 2.32. The van der Waals surface area contributed by atoms with Gasteiger partial charge in [0, 0.05) is 42.1 Å². The van der Waals surface area contributed by atoms with E-state index in [1.165, 1.54) is 4.90 Å². The van der Waals surface area contributed by atoms with Crippen molar-refractivity contribution in [2.24, 2.45) is 5.92 Å². The predicted octanol–water partition coefficient (Wildman–Crippen LogP) is 2.34. The van der Waals surface area contributed by atoms with Crippen molar-refractivity contribution in [1.29, 1.82) is 0 Å². The highest BCUT2D eigenvalue weighted by molar-refractivity contribution is 6.30. The van der Waals surface area contributed by atoms with Crippen LogP contribution in [0.1, 0.15) is 6.42 Å². The van der Waals surface area contributed by atoms with Gasteiger partial charge in [0.1, 0.15) is 5.69 Å². The fourth-order valence-corrected chi connectivity index (χ4v) is 2.39. The van der Waals surface area contributed by atoms with Gasteiger partial charge in [0.15, 0.2) is 0 Å². The monoisotopic (exact) mass is 292 g/mol. The molecule has 0 radical (unpaired) electrons. The number of anilines is 1. The number of hydrogen-bond donors (Lipinski definition) is 1. The van der Waals surface area contributed by atoms with E-state index in [-0.39, 0.29) is 18.4 Å². The average molecular weight is 293 g/mol. The van der Waals surface area contributed by atoms with E-state index in [1.54, 1.807) is 18.2 Å². The van der Waals surface area contributed by atoms with Gasteiger partial charge in [-0.1, -0.05) is 28.9 Å². The lowest BCUT2D eigenvalue weighted by atomic mass is 10.1. The van der Waals surface area contributed by atoms with E-state index >= 15 is 0 Å². The lowest BCUT2D eigenvalue weighted by Crippen LogP contribution is -2.24. The highest BCUT2D eigenvalue weighted by Crippen LogP contribution is 2.29. The SMILES string of the molecule is O=C1CC(CO)CN1c1cc(-c2ccc(Cl)cc2)no1. The van der Waals surface area contributed by atoms with Gasteiger partial charge in [-0.3, -0.25) is 9.69 Å². The van der Waals surface area contributed by atoms with Crippen LogP contribution in [0.2, 0.25) is 5.02 Å². The Bertz CT molecular complexity index is 624. The van der Waals surface area contributed by atoms with Crippen molar-refractivity contribution in [1.82, 2.24) is 5.16 Å². The molecule has 0 bridgehead atoms. The fraction of sp³-hybridized carbons (Fsp3) is 0.286. The summed E-state index contributed by atoms with van der Waals surface area (Å²) in [5.41, 5.74) is 1.52. The number of benzene rings is 1. The normalized spacial score (nSPS) is 18.8. The lowest BCUT2D eigenvalue weighted by Gasteiger charge is -2.10. The molecule has 1 unspecified atom stereocenters. The number of aliphatic hydroxyl groups excluding tert-OH is 1. The molecule has 1 atom stereocenters. The molecule has 1 amide bonds. The van der Waals surface area contributed by atoms with Crippen LogP contribution in [0.25, 0.3) is 11.3 Å². The molecule has 1 N–H and O–H groups in total. The molecule has 0 aliphatic carbocycles. The van der Waals surface area contributed by atoms with Gasteiger partial charge in [-0.25, -0.2) is 0 Å². The Morgan fingerprint density at radius 2 is 2.15 bits per heavy atom. The molecule has 20 heavy (non-hydrogen) atoms. The number of aliphatic hydroxyl groups is 1. The van der Waals surface area contributed by atoms with Crippen LogP contribution in [-0.4, -0.2) is 29.3 Å². The zero-order chi connectivity index (χ0) is 14.1. The van der Waals surface area contributed by atoms with E-state index < -0.39 is 0 Å².